The summed E-state index contributed by atoms with van der Waals surface area (Å²) in [5, 5.41) is 11.9. The Morgan fingerprint density at radius 1 is 1.55 bits per heavy atom. The first-order chi connectivity index (χ1) is 5.31. The Balaban J connectivity index is 3.04. The molecule has 66 valence electrons. The van der Waals surface area contributed by atoms with E-state index in [2.05, 4.69) is 16.2 Å². The van der Waals surface area contributed by atoms with Crippen LogP contribution in [0, 0.1) is 0 Å². The van der Waals surface area contributed by atoms with E-state index in [-0.39, 0.29) is 6.61 Å². The van der Waals surface area contributed by atoms with E-state index in [9.17, 15) is 0 Å². The van der Waals surface area contributed by atoms with Gasteiger partial charge in [-0.2, -0.15) is 0 Å². The van der Waals surface area contributed by atoms with Gasteiger partial charge in [0.05, 0.1) is 0 Å². The molecule has 0 heterocycles. The smallest absolute Gasteiger partial charge is 0.180 e. The van der Waals surface area contributed by atoms with E-state index in [0.717, 1.165) is 13.0 Å². The molecule has 0 aliphatic heterocycles. The van der Waals surface area contributed by atoms with Crippen molar-refractivity contribution in [3.8, 4) is 0 Å². The van der Waals surface area contributed by atoms with Gasteiger partial charge < -0.3 is 10.4 Å². The lowest BCUT2D eigenvalue weighted by Gasteiger charge is -2.08. The van der Waals surface area contributed by atoms with Crippen LogP contribution in [0.25, 0.3) is 0 Å². The van der Waals surface area contributed by atoms with Crippen LogP contribution in [0.5, 0.6) is 0 Å². The largest absolute Gasteiger partial charge is 0.396 e. The molecule has 4 N–H and O–H groups in total. The third kappa shape index (κ3) is 7.51. The second-order valence-corrected chi connectivity index (χ2v) is 2.40. The van der Waals surface area contributed by atoms with Crippen molar-refractivity contribution < 1.29 is 5.11 Å². The number of hydrazine groups is 1. The highest BCUT2D eigenvalue weighted by Crippen LogP contribution is 1.69. The number of aliphatic hydroxyl groups is 1. The first-order valence-corrected chi connectivity index (χ1v) is 4.09. The summed E-state index contributed by atoms with van der Waals surface area (Å²) < 4.78 is 0. The topological polar surface area (TPSA) is 56.3 Å². The fourth-order valence-electron chi connectivity index (χ4n) is 0.515. The maximum absolute atomic E-state index is 8.42. The van der Waals surface area contributed by atoms with Crippen molar-refractivity contribution in [3.63, 3.8) is 0 Å². The molecule has 0 unspecified atom stereocenters. The quantitative estimate of drug-likeness (QED) is 0.256. The molecule has 0 bridgehead atoms. The molecule has 0 spiro atoms. The average Bonchev–Trinajstić information content (AvgIpc) is 1.99. The first kappa shape index (κ1) is 10.6. The highest BCUT2D eigenvalue weighted by atomic mass is 32.1. The van der Waals surface area contributed by atoms with Gasteiger partial charge in [-0.15, -0.1) is 0 Å². The Kier molecular flexibility index (Phi) is 7.44. The van der Waals surface area contributed by atoms with Gasteiger partial charge in [0.15, 0.2) is 5.11 Å². The molecular weight excluding hydrogens is 162 g/mol. The summed E-state index contributed by atoms with van der Waals surface area (Å²) in [4.78, 5) is 0. The van der Waals surface area contributed by atoms with E-state index in [1.165, 1.54) is 0 Å². The highest BCUT2D eigenvalue weighted by Gasteiger charge is 1.89. The Morgan fingerprint density at radius 3 is 2.82 bits per heavy atom. The van der Waals surface area contributed by atoms with Crippen LogP contribution in [-0.2, 0) is 0 Å². The van der Waals surface area contributed by atoms with E-state index in [4.69, 9.17) is 17.3 Å². The SMILES string of the molecule is CCNC(=S)NNCCCO. The van der Waals surface area contributed by atoms with Gasteiger partial charge in [-0.25, -0.2) is 5.43 Å². The molecule has 0 saturated carbocycles. The van der Waals surface area contributed by atoms with Gasteiger partial charge in [-0.05, 0) is 25.6 Å². The Hall–Kier alpha value is -0.390. The van der Waals surface area contributed by atoms with Crippen molar-refractivity contribution in [2.45, 2.75) is 13.3 Å². The number of rotatable bonds is 5. The number of aliphatic hydroxyl groups excluding tert-OH is 1. The van der Waals surface area contributed by atoms with Gasteiger partial charge >= 0.3 is 0 Å². The summed E-state index contributed by atoms with van der Waals surface area (Å²) in [6.45, 7) is 3.69. The van der Waals surface area contributed by atoms with Gasteiger partial charge in [0.25, 0.3) is 0 Å². The molecule has 0 aromatic carbocycles. The Labute approximate surface area is 72.3 Å². The van der Waals surface area contributed by atoms with Crippen LogP contribution in [0.4, 0.5) is 0 Å². The summed E-state index contributed by atoms with van der Waals surface area (Å²) in [7, 11) is 0. The second kappa shape index (κ2) is 7.71. The zero-order valence-electron chi connectivity index (χ0n) is 6.68. The normalized spacial score (nSPS) is 9.27. The molecule has 4 nitrogen and oxygen atoms in total. The van der Waals surface area contributed by atoms with Crippen LogP contribution < -0.4 is 16.2 Å². The molecule has 5 heteroatoms. The number of hydrogen-bond donors (Lipinski definition) is 4. The Morgan fingerprint density at radius 2 is 2.27 bits per heavy atom. The van der Waals surface area contributed by atoms with Crippen LogP contribution in [0.15, 0.2) is 0 Å². The van der Waals surface area contributed by atoms with Crippen molar-refractivity contribution in [1.29, 1.82) is 0 Å². The highest BCUT2D eigenvalue weighted by molar-refractivity contribution is 7.80. The van der Waals surface area contributed by atoms with Gasteiger partial charge in [-0.1, -0.05) is 0 Å². The summed E-state index contributed by atoms with van der Waals surface area (Å²) in [5.41, 5.74) is 5.63. The predicted octanol–water partition coefficient (Wildman–Crippen LogP) is -0.643. The molecule has 0 aromatic heterocycles. The molecule has 0 aromatic rings. The molecule has 11 heavy (non-hydrogen) atoms. The Bertz CT molecular complexity index is 110. The number of hydrogen-bond acceptors (Lipinski definition) is 3. The van der Waals surface area contributed by atoms with E-state index < -0.39 is 0 Å². The monoisotopic (exact) mass is 177 g/mol. The third-order valence-electron chi connectivity index (χ3n) is 0.999. The van der Waals surface area contributed by atoms with Crippen LogP contribution in [0.3, 0.4) is 0 Å². The zero-order valence-corrected chi connectivity index (χ0v) is 7.50. The fourth-order valence-corrected chi connectivity index (χ4v) is 0.731. The van der Waals surface area contributed by atoms with Gasteiger partial charge in [0.2, 0.25) is 0 Å². The van der Waals surface area contributed by atoms with Crippen molar-refractivity contribution in [2.24, 2.45) is 0 Å². The minimum Gasteiger partial charge on any atom is -0.396 e. The molecule has 0 aliphatic rings. The second-order valence-electron chi connectivity index (χ2n) is 1.99. The molecule has 0 atom stereocenters. The van der Waals surface area contributed by atoms with E-state index in [0.29, 0.717) is 11.7 Å². The molecule has 0 aliphatic carbocycles. The standard InChI is InChI=1S/C6H15N3OS/c1-2-7-6(11)9-8-4-3-5-10/h8,10H,2-5H2,1H3,(H2,7,9,11). The van der Waals surface area contributed by atoms with E-state index >= 15 is 0 Å². The number of thiocarbonyl (C=S) groups is 1. The summed E-state index contributed by atoms with van der Waals surface area (Å²) in [6, 6.07) is 0. The summed E-state index contributed by atoms with van der Waals surface area (Å²) >= 11 is 4.86. The minimum absolute atomic E-state index is 0.197. The summed E-state index contributed by atoms with van der Waals surface area (Å²) in [5.74, 6) is 0. The molecule has 0 radical (unpaired) electrons. The average molecular weight is 177 g/mol. The predicted molar refractivity (Wildman–Crippen MR) is 49.1 cm³/mol. The third-order valence-corrected chi connectivity index (χ3v) is 1.25. The van der Waals surface area contributed by atoms with Gasteiger partial charge in [0, 0.05) is 19.7 Å². The van der Waals surface area contributed by atoms with Crippen molar-refractivity contribution in [1.82, 2.24) is 16.2 Å². The van der Waals surface area contributed by atoms with Crippen LogP contribution >= 0.6 is 12.2 Å². The lowest BCUT2D eigenvalue weighted by atomic mass is 10.5. The van der Waals surface area contributed by atoms with E-state index in [1.807, 2.05) is 6.92 Å². The molecule has 0 saturated heterocycles. The van der Waals surface area contributed by atoms with Crippen LogP contribution in [0.1, 0.15) is 13.3 Å². The van der Waals surface area contributed by atoms with Crippen molar-refractivity contribution in [3.05, 3.63) is 0 Å². The maximum atomic E-state index is 8.42. The van der Waals surface area contributed by atoms with E-state index in [1.54, 1.807) is 0 Å². The maximum Gasteiger partial charge on any atom is 0.180 e. The minimum atomic E-state index is 0.197. The molecule has 0 fully saturated rings. The fraction of sp³-hybridized carbons (Fsp3) is 0.833. The van der Waals surface area contributed by atoms with Crippen LogP contribution in [0.2, 0.25) is 0 Å². The summed E-state index contributed by atoms with van der Waals surface area (Å²) in [6.07, 6.45) is 0.724. The molecular formula is C6H15N3OS. The first-order valence-electron chi connectivity index (χ1n) is 3.68. The number of nitrogens with one attached hydrogen (secondary N) is 3. The lowest BCUT2D eigenvalue weighted by molar-refractivity contribution is 0.285. The molecule has 0 rings (SSSR count). The van der Waals surface area contributed by atoms with Crippen molar-refractivity contribution >= 4 is 17.3 Å². The van der Waals surface area contributed by atoms with Gasteiger partial charge in [0.1, 0.15) is 0 Å². The lowest BCUT2D eigenvalue weighted by Crippen LogP contribution is -2.44. The van der Waals surface area contributed by atoms with Gasteiger partial charge in [-0.3, -0.25) is 5.43 Å². The van der Waals surface area contributed by atoms with Crippen molar-refractivity contribution in [2.75, 3.05) is 19.7 Å². The molecule has 0 amide bonds. The zero-order chi connectivity index (χ0) is 8.53. The van der Waals surface area contributed by atoms with Crippen LogP contribution in [-0.4, -0.2) is 29.9 Å².